The van der Waals surface area contributed by atoms with E-state index in [4.69, 9.17) is 16.3 Å². The smallest absolute Gasteiger partial charge is 0.162 e. The summed E-state index contributed by atoms with van der Waals surface area (Å²) >= 11 is 5.98. The number of benzene rings is 1. The molecule has 0 bridgehead atoms. The maximum absolute atomic E-state index is 10.0. The Balaban J connectivity index is 2.02. The summed E-state index contributed by atoms with van der Waals surface area (Å²) in [6.45, 7) is 2.89. The fraction of sp³-hybridized carbons (Fsp3) is 0.286. The van der Waals surface area contributed by atoms with Crippen molar-refractivity contribution < 1.29 is 9.84 Å². The fourth-order valence-corrected chi connectivity index (χ4v) is 2.08. The average Bonchev–Trinajstić information content (AvgIpc) is 2.42. The molecule has 2 aromatic rings. The Morgan fingerprint density at radius 2 is 2.15 bits per heavy atom. The van der Waals surface area contributed by atoms with Gasteiger partial charge in [-0.25, -0.2) is 9.97 Å². The van der Waals surface area contributed by atoms with Crippen LogP contribution in [0.4, 0.5) is 0 Å². The molecule has 0 spiro atoms. The van der Waals surface area contributed by atoms with Crippen molar-refractivity contribution in [3.63, 3.8) is 0 Å². The highest BCUT2D eigenvalue weighted by molar-refractivity contribution is 6.30. The minimum absolute atomic E-state index is 0.100. The number of nitrogens with zero attached hydrogens (tertiary/aromatic N) is 2. The molecule has 5 nitrogen and oxygen atoms in total. The molecule has 0 radical (unpaired) electrons. The number of phenolic OH excluding ortho intramolecular Hbond substituents is 1. The van der Waals surface area contributed by atoms with Gasteiger partial charge in [-0.2, -0.15) is 0 Å². The fourth-order valence-electron chi connectivity index (χ4n) is 1.85. The van der Waals surface area contributed by atoms with Crippen LogP contribution in [0.1, 0.15) is 17.1 Å². The lowest BCUT2D eigenvalue weighted by molar-refractivity contribution is 0.369. The minimum Gasteiger partial charge on any atom is -0.504 e. The third kappa shape index (κ3) is 3.59. The molecule has 1 heterocycles. The van der Waals surface area contributed by atoms with Gasteiger partial charge in [-0.1, -0.05) is 11.6 Å². The number of rotatable bonds is 5. The monoisotopic (exact) mass is 293 g/mol. The highest BCUT2D eigenvalue weighted by Gasteiger charge is 2.09. The number of hydrogen-bond acceptors (Lipinski definition) is 5. The van der Waals surface area contributed by atoms with Crippen molar-refractivity contribution in [3.05, 3.63) is 46.5 Å². The van der Waals surface area contributed by atoms with Crippen LogP contribution in [-0.4, -0.2) is 22.2 Å². The van der Waals surface area contributed by atoms with Crippen LogP contribution in [0, 0.1) is 6.92 Å². The molecule has 0 amide bonds. The molecule has 1 aromatic heterocycles. The summed E-state index contributed by atoms with van der Waals surface area (Å²) in [7, 11) is 1.49. The molecule has 0 aliphatic carbocycles. The maximum atomic E-state index is 10.0. The Bertz CT molecular complexity index is 605. The highest BCUT2D eigenvalue weighted by Crippen LogP contribution is 2.33. The van der Waals surface area contributed by atoms with Crippen LogP contribution >= 0.6 is 11.6 Å². The first-order chi connectivity index (χ1) is 9.60. The van der Waals surface area contributed by atoms with Crippen molar-refractivity contribution in [1.29, 1.82) is 0 Å². The van der Waals surface area contributed by atoms with Crippen LogP contribution in [0.25, 0.3) is 0 Å². The molecule has 0 saturated heterocycles. The molecular weight excluding hydrogens is 278 g/mol. The highest BCUT2D eigenvalue weighted by atomic mass is 35.5. The largest absolute Gasteiger partial charge is 0.504 e. The predicted octanol–water partition coefficient (Wildman–Crippen LogP) is 2.44. The van der Waals surface area contributed by atoms with E-state index in [1.54, 1.807) is 18.3 Å². The first kappa shape index (κ1) is 14.6. The molecule has 1 aromatic carbocycles. The number of hydrogen-bond donors (Lipinski definition) is 2. The molecule has 20 heavy (non-hydrogen) atoms. The van der Waals surface area contributed by atoms with Gasteiger partial charge in [0.25, 0.3) is 0 Å². The Labute approximate surface area is 122 Å². The Morgan fingerprint density at radius 3 is 2.85 bits per heavy atom. The summed E-state index contributed by atoms with van der Waals surface area (Å²) < 4.78 is 5.06. The van der Waals surface area contributed by atoms with Crippen LogP contribution in [-0.2, 0) is 13.1 Å². The molecule has 0 unspecified atom stereocenters. The summed E-state index contributed by atoms with van der Waals surface area (Å²) in [6, 6.07) is 5.13. The van der Waals surface area contributed by atoms with Gasteiger partial charge >= 0.3 is 0 Å². The van der Waals surface area contributed by atoms with Gasteiger partial charge in [-0.15, -0.1) is 0 Å². The number of methoxy groups -OCH3 is 1. The van der Waals surface area contributed by atoms with Crippen LogP contribution in [0.2, 0.25) is 5.02 Å². The van der Waals surface area contributed by atoms with E-state index in [9.17, 15) is 5.11 Å². The van der Waals surface area contributed by atoms with Gasteiger partial charge in [0, 0.05) is 35.9 Å². The second-order valence-corrected chi connectivity index (χ2v) is 4.75. The Morgan fingerprint density at radius 1 is 1.35 bits per heavy atom. The van der Waals surface area contributed by atoms with Crippen molar-refractivity contribution in [2.24, 2.45) is 0 Å². The quantitative estimate of drug-likeness (QED) is 0.886. The molecule has 0 aliphatic heterocycles. The van der Waals surface area contributed by atoms with Crippen molar-refractivity contribution in [1.82, 2.24) is 15.3 Å². The zero-order chi connectivity index (χ0) is 14.5. The standard InChI is InChI=1S/C14H16ClN3O2/c1-9-17-4-3-12(18-9)8-16-7-10-5-11(15)6-13(20-2)14(10)19/h3-6,16,19H,7-8H2,1-2H3. The van der Waals surface area contributed by atoms with E-state index >= 15 is 0 Å². The summed E-state index contributed by atoms with van der Waals surface area (Å²) in [4.78, 5) is 8.33. The number of phenols is 1. The lowest BCUT2D eigenvalue weighted by Gasteiger charge is -2.10. The molecule has 6 heteroatoms. The van der Waals surface area contributed by atoms with E-state index in [0.29, 0.717) is 29.4 Å². The van der Waals surface area contributed by atoms with Crippen molar-refractivity contribution >= 4 is 11.6 Å². The maximum Gasteiger partial charge on any atom is 0.162 e. The van der Waals surface area contributed by atoms with Crippen LogP contribution < -0.4 is 10.1 Å². The summed E-state index contributed by atoms with van der Waals surface area (Å²) in [5, 5.41) is 13.7. The topological polar surface area (TPSA) is 67.3 Å². The predicted molar refractivity (Wildman–Crippen MR) is 77.0 cm³/mol. The van der Waals surface area contributed by atoms with E-state index in [1.807, 2.05) is 13.0 Å². The number of aromatic nitrogens is 2. The van der Waals surface area contributed by atoms with Gasteiger partial charge in [0.05, 0.1) is 12.8 Å². The van der Waals surface area contributed by atoms with E-state index in [2.05, 4.69) is 15.3 Å². The van der Waals surface area contributed by atoms with Crippen LogP contribution in [0.15, 0.2) is 24.4 Å². The summed E-state index contributed by atoms with van der Waals surface area (Å²) in [5.41, 5.74) is 1.58. The van der Waals surface area contributed by atoms with Gasteiger partial charge in [-0.3, -0.25) is 0 Å². The van der Waals surface area contributed by atoms with E-state index in [1.165, 1.54) is 7.11 Å². The van der Waals surface area contributed by atoms with Gasteiger partial charge in [0.1, 0.15) is 5.82 Å². The zero-order valence-electron chi connectivity index (χ0n) is 11.4. The van der Waals surface area contributed by atoms with E-state index < -0.39 is 0 Å². The number of aromatic hydroxyl groups is 1. The van der Waals surface area contributed by atoms with E-state index in [0.717, 1.165) is 11.5 Å². The zero-order valence-corrected chi connectivity index (χ0v) is 12.1. The van der Waals surface area contributed by atoms with Crippen LogP contribution in [0.3, 0.4) is 0 Å². The second-order valence-electron chi connectivity index (χ2n) is 4.31. The first-order valence-electron chi connectivity index (χ1n) is 6.14. The number of aryl methyl sites for hydroxylation is 1. The van der Waals surface area contributed by atoms with Crippen molar-refractivity contribution in [3.8, 4) is 11.5 Å². The normalized spacial score (nSPS) is 10.6. The number of nitrogens with one attached hydrogen (secondary N) is 1. The third-order valence-corrected chi connectivity index (χ3v) is 3.01. The molecule has 2 rings (SSSR count). The lowest BCUT2D eigenvalue weighted by atomic mass is 10.2. The molecule has 0 atom stereocenters. The molecule has 0 fully saturated rings. The lowest BCUT2D eigenvalue weighted by Crippen LogP contribution is -2.14. The number of halogens is 1. The van der Waals surface area contributed by atoms with Gasteiger partial charge in [-0.05, 0) is 19.1 Å². The van der Waals surface area contributed by atoms with Crippen LogP contribution in [0.5, 0.6) is 11.5 Å². The molecule has 0 saturated carbocycles. The van der Waals surface area contributed by atoms with Gasteiger partial charge in [0.15, 0.2) is 11.5 Å². The van der Waals surface area contributed by atoms with E-state index in [-0.39, 0.29) is 5.75 Å². The summed E-state index contributed by atoms with van der Waals surface area (Å²) in [5.74, 6) is 1.20. The number of ether oxygens (including phenoxy) is 1. The van der Waals surface area contributed by atoms with Crippen molar-refractivity contribution in [2.45, 2.75) is 20.0 Å². The van der Waals surface area contributed by atoms with Crippen molar-refractivity contribution in [2.75, 3.05) is 7.11 Å². The summed E-state index contributed by atoms with van der Waals surface area (Å²) in [6.07, 6.45) is 1.72. The SMILES string of the molecule is COc1cc(Cl)cc(CNCc2ccnc(C)n2)c1O. The first-order valence-corrected chi connectivity index (χ1v) is 6.52. The third-order valence-electron chi connectivity index (χ3n) is 2.79. The molecule has 106 valence electrons. The Hall–Kier alpha value is -1.85. The molecule has 2 N–H and O–H groups in total. The van der Waals surface area contributed by atoms with Gasteiger partial charge in [0.2, 0.25) is 0 Å². The minimum atomic E-state index is 0.100. The molecule has 0 aliphatic rings. The van der Waals surface area contributed by atoms with Gasteiger partial charge < -0.3 is 15.2 Å². The Kier molecular flexibility index (Phi) is 4.76. The average molecular weight is 294 g/mol. The second kappa shape index (κ2) is 6.54. The molecular formula is C14H16ClN3O2.